The van der Waals surface area contributed by atoms with Gasteiger partial charge in [0.1, 0.15) is 0 Å². The molecule has 11 heavy (non-hydrogen) atoms. The zero-order valence-electron chi connectivity index (χ0n) is 5.60. The SMILES string of the molecule is COc1[nH]c(=O)[nH]c(=O)c1Cl. The monoisotopic (exact) mass is 176 g/mol. The predicted molar refractivity (Wildman–Crippen MR) is 39.2 cm³/mol. The van der Waals surface area contributed by atoms with E-state index in [-0.39, 0.29) is 10.9 Å². The first-order valence-corrected chi connectivity index (χ1v) is 3.09. The van der Waals surface area contributed by atoms with Crippen molar-refractivity contribution in [2.24, 2.45) is 0 Å². The van der Waals surface area contributed by atoms with Crippen molar-refractivity contribution in [1.82, 2.24) is 9.97 Å². The van der Waals surface area contributed by atoms with E-state index in [1.165, 1.54) is 7.11 Å². The Hall–Kier alpha value is -1.23. The van der Waals surface area contributed by atoms with Gasteiger partial charge in [-0.05, 0) is 0 Å². The van der Waals surface area contributed by atoms with Crippen molar-refractivity contribution in [2.75, 3.05) is 7.11 Å². The van der Waals surface area contributed by atoms with Crippen molar-refractivity contribution >= 4 is 11.6 Å². The van der Waals surface area contributed by atoms with E-state index in [1.807, 2.05) is 4.98 Å². The normalized spacial score (nSPS) is 9.64. The van der Waals surface area contributed by atoms with Gasteiger partial charge in [0.2, 0.25) is 5.88 Å². The number of ether oxygens (including phenoxy) is 1. The molecule has 60 valence electrons. The maximum atomic E-state index is 10.7. The summed E-state index contributed by atoms with van der Waals surface area (Å²) < 4.78 is 4.60. The Morgan fingerprint density at radius 1 is 1.36 bits per heavy atom. The Labute approximate surface area is 66.0 Å². The molecule has 0 saturated carbocycles. The van der Waals surface area contributed by atoms with Gasteiger partial charge in [-0.3, -0.25) is 14.8 Å². The van der Waals surface area contributed by atoms with Gasteiger partial charge in [-0.2, -0.15) is 0 Å². The maximum Gasteiger partial charge on any atom is 0.328 e. The summed E-state index contributed by atoms with van der Waals surface area (Å²) in [6.07, 6.45) is 0. The topological polar surface area (TPSA) is 75.0 Å². The Kier molecular flexibility index (Phi) is 2.00. The van der Waals surface area contributed by atoms with Crippen LogP contribution < -0.4 is 16.0 Å². The summed E-state index contributed by atoms with van der Waals surface area (Å²) in [6.45, 7) is 0. The molecule has 0 saturated heterocycles. The second kappa shape index (κ2) is 2.79. The molecule has 5 nitrogen and oxygen atoms in total. The van der Waals surface area contributed by atoms with Crippen molar-refractivity contribution in [3.05, 3.63) is 25.9 Å². The van der Waals surface area contributed by atoms with Gasteiger partial charge in [-0.1, -0.05) is 11.6 Å². The molecule has 1 aromatic heterocycles. The number of nitrogens with one attached hydrogen (secondary N) is 2. The molecule has 0 atom stereocenters. The van der Waals surface area contributed by atoms with E-state index >= 15 is 0 Å². The molecule has 0 aliphatic carbocycles. The van der Waals surface area contributed by atoms with Crippen LogP contribution in [0.1, 0.15) is 0 Å². The second-order valence-corrected chi connectivity index (χ2v) is 2.13. The number of methoxy groups -OCH3 is 1. The molecule has 1 rings (SSSR count). The van der Waals surface area contributed by atoms with Crippen molar-refractivity contribution in [1.29, 1.82) is 0 Å². The molecule has 0 amide bonds. The first kappa shape index (κ1) is 7.87. The lowest BCUT2D eigenvalue weighted by atomic mass is 10.6. The Morgan fingerprint density at radius 3 is 2.55 bits per heavy atom. The van der Waals surface area contributed by atoms with Gasteiger partial charge in [0.05, 0.1) is 7.11 Å². The number of H-pyrrole nitrogens is 2. The molecule has 0 aliphatic rings. The summed E-state index contributed by atoms with van der Waals surface area (Å²) in [7, 11) is 1.30. The Balaban J connectivity index is 3.49. The van der Waals surface area contributed by atoms with Gasteiger partial charge in [0, 0.05) is 0 Å². The molecule has 0 spiro atoms. The van der Waals surface area contributed by atoms with Crippen LogP contribution in [0.15, 0.2) is 9.59 Å². The molecular formula is C5H5ClN2O3. The summed E-state index contributed by atoms with van der Waals surface area (Å²) in [4.78, 5) is 25.4. The highest BCUT2D eigenvalue weighted by molar-refractivity contribution is 6.31. The van der Waals surface area contributed by atoms with Crippen molar-refractivity contribution in [2.45, 2.75) is 0 Å². The molecule has 2 N–H and O–H groups in total. The van der Waals surface area contributed by atoms with E-state index in [2.05, 4.69) is 9.72 Å². The van der Waals surface area contributed by atoms with Crippen LogP contribution in [0.3, 0.4) is 0 Å². The lowest BCUT2D eigenvalue weighted by Crippen LogP contribution is -2.22. The quantitative estimate of drug-likeness (QED) is 0.618. The van der Waals surface area contributed by atoms with E-state index in [0.29, 0.717) is 0 Å². The fourth-order valence-electron chi connectivity index (χ4n) is 0.591. The molecule has 0 bridgehead atoms. The van der Waals surface area contributed by atoms with Crippen LogP contribution in [0.25, 0.3) is 0 Å². The molecule has 0 aromatic carbocycles. The van der Waals surface area contributed by atoms with Gasteiger partial charge < -0.3 is 4.74 Å². The first-order valence-electron chi connectivity index (χ1n) is 2.71. The molecule has 0 radical (unpaired) electrons. The second-order valence-electron chi connectivity index (χ2n) is 1.76. The third-order valence-corrected chi connectivity index (χ3v) is 1.40. The summed E-state index contributed by atoms with van der Waals surface area (Å²) in [5.41, 5.74) is -1.30. The Morgan fingerprint density at radius 2 is 2.00 bits per heavy atom. The Bertz CT molecular complexity index is 367. The van der Waals surface area contributed by atoms with Gasteiger partial charge in [-0.25, -0.2) is 4.79 Å². The molecule has 1 heterocycles. The van der Waals surface area contributed by atoms with E-state index in [9.17, 15) is 9.59 Å². The zero-order valence-corrected chi connectivity index (χ0v) is 6.36. The molecule has 1 aromatic rings. The third-order valence-electron chi connectivity index (χ3n) is 1.06. The maximum absolute atomic E-state index is 10.7. The number of hydrogen-bond donors (Lipinski definition) is 2. The fourth-order valence-corrected chi connectivity index (χ4v) is 0.763. The summed E-state index contributed by atoms with van der Waals surface area (Å²) in [5.74, 6) is -0.0274. The van der Waals surface area contributed by atoms with Gasteiger partial charge in [-0.15, -0.1) is 0 Å². The minimum Gasteiger partial charge on any atom is -0.481 e. The highest BCUT2D eigenvalue weighted by Gasteiger charge is 2.04. The molecule has 6 heteroatoms. The van der Waals surface area contributed by atoms with Crippen LogP contribution in [-0.4, -0.2) is 17.1 Å². The van der Waals surface area contributed by atoms with Crippen LogP contribution in [-0.2, 0) is 0 Å². The zero-order chi connectivity index (χ0) is 8.43. The molecular weight excluding hydrogens is 172 g/mol. The lowest BCUT2D eigenvalue weighted by molar-refractivity contribution is 0.394. The van der Waals surface area contributed by atoms with Gasteiger partial charge >= 0.3 is 5.69 Å². The van der Waals surface area contributed by atoms with E-state index in [4.69, 9.17) is 11.6 Å². The number of aromatic amines is 2. The van der Waals surface area contributed by atoms with Crippen molar-refractivity contribution in [3.63, 3.8) is 0 Å². The predicted octanol–water partition coefficient (Wildman–Crippen LogP) is -0.275. The minimum absolute atomic E-state index is 0.0274. The standard InChI is InChI=1S/C5H5ClN2O3/c1-11-4-2(6)3(9)7-5(10)8-4/h1H3,(H2,7,8,9,10). The van der Waals surface area contributed by atoms with Crippen molar-refractivity contribution < 1.29 is 4.74 Å². The van der Waals surface area contributed by atoms with E-state index < -0.39 is 11.2 Å². The van der Waals surface area contributed by atoms with Gasteiger partial charge in [0.25, 0.3) is 5.56 Å². The van der Waals surface area contributed by atoms with Crippen LogP contribution in [0.5, 0.6) is 5.88 Å². The number of halogens is 1. The summed E-state index contributed by atoms with van der Waals surface area (Å²) >= 11 is 5.43. The number of aromatic nitrogens is 2. The lowest BCUT2D eigenvalue weighted by Gasteiger charge is -1.98. The summed E-state index contributed by atoms with van der Waals surface area (Å²) in [6, 6.07) is 0. The average molecular weight is 177 g/mol. The third kappa shape index (κ3) is 1.43. The van der Waals surface area contributed by atoms with E-state index in [0.717, 1.165) is 0 Å². The highest BCUT2D eigenvalue weighted by Crippen LogP contribution is 2.11. The first-order chi connectivity index (χ1) is 5.15. The van der Waals surface area contributed by atoms with Crippen LogP contribution in [0.4, 0.5) is 0 Å². The largest absolute Gasteiger partial charge is 0.481 e. The smallest absolute Gasteiger partial charge is 0.328 e. The molecule has 0 aliphatic heterocycles. The van der Waals surface area contributed by atoms with Crippen LogP contribution in [0, 0.1) is 0 Å². The number of hydrogen-bond acceptors (Lipinski definition) is 3. The van der Waals surface area contributed by atoms with Gasteiger partial charge in [0.15, 0.2) is 5.02 Å². The molecule has 0 fully saturated rings. The number of rotatable bonds is 1. The van der Waals surface area contributed by atoms with Crippen LogP contribution in [0.2, 0.25) is 5.02 Å². The summed E-state index contributed by atoms with van der Waals surface area (Å²) in [5, 5.41) is -0.160. The average Bonchev–Trinajstić information content (AvgIpc) is 1.96. The van der Waals surface area contributed by atoms with Crippen LogP contribution >= 0.6 is 11.6 Å². The fraction of sp³-hybridized carbons (Fsp3) is 0.200. The highest BCUT2D eigenvalue weighted by atomic mass is 35.5. The molecule has 0 unspecified atom stereocenters. The minimum atomic E-state index is -0.660. The van der Waals surface area contributed by atoms with Crippen molar-refractivity contribution in [3.8, 4) is 5.88 Å². The van der Waals surface area contributed by atoms with E-state index in [1.54, 1.807) is 0 Å².